The standard InChI is InChI=1S/C18H19NO6/c1-11-13(8-9-14(20)24-2)16(17(21)22)19-15(11)18(23)25-10-12-6-4-3-5-7-12/h3-7,19H,8-10H2,1-2H3,(H,21,22). The quantitative estimate of drug-likeness (QED) is 0.747. The molecule has 0 saturated heterocycles. The van der Waals surface area contributed by atoms with Gasteiger partial charge in [-0.2, -0.15) is 0 Å². The summed E-state index contributed by atoms with van der Waals surface area (Å²) in [5.41, 5.74) is 1.63. The van der Waals surface area contributed by atoms with Gasteiger partial charge in [-0.3, -0.25) is 4.79 Å². The second-order valence-corrected chi connectivity index (χ2v) is 5.42. The fourth-order valence-corrected chi connectivity index (χ4v) is 2.46. The average Bonchev–Trinajstić information content (AvgIpc) is 2.95. The van der Waals surface area contributed by atoms with Gasteiger partial charge in [-0.1, -0.05) is 30.3 Å². The number of carbonyl (C=O) groups excluding carboxylic acids is 2. The Hall–Kier alpha value is -3.09. The summed E-state index contributed by atoms with van der Waals surface area (Å²) < 4.78 is 9.80. The Morgan fingerprint density at radius 2 is 1.80 bits per heavy atom. The van der Waals surface area contributed by atoms with Gasteiger partial charge in [0.05, 0.1) is 7.11 Å². The smallest absolute Gasteiger partial charge is 0.355 e. The van der Waals surface area contributed by atoms with Gasteiger partial charge in [0.15, 0.2) is 0 Å². The minimum absolute atomic E-state index is 0.0218. The molecule has 2 rings (SSSR count). The van der Waals surface area contributed by atoms with Crippen LogP contribution in [-0.2, 0) is 27.3 Å². The van der Waals surface area contributed by atoms with Crippen LogP contribution < -0.4 is 0 Å². The Morgan fingerprint density at radius 1 is 1.12 bits per heavy atom. The average molecular weight is 345 g/mol. The van der Waals surface area contributed by atoms with Crippen molar-refractivity contribution in [2.24, 2.45) is 0 Å². The van der Waals surface area contributed by atoms with E-state index in [1.54, 1.807) is 6.92 Å². The van der Waals surface area contributed by atoms with Crippen LogP contribution in [0.5, 0.6) is 0 Å². The SMILES string of the molecule is COC(=O)CCc1c(C(=O)O)[nH]c(C(=O)OCc2ccccc2)c1C. The number of carboxylic acids is 1. The molecule has 0 radical (unpaired) electrons. The summed E-state index contributed by atoms with van der Waals surface area (Å²) in [6.07, 6.45) is 0.177. The van der Waals surface area contributed by atoms with E-state index in [1.807, 2.05) is 30.3 Å². The van der Waals surface area contributed by atoms with Gasteiger partial charge in [0, 0.05) is 6.42 Å². The Kier molecular flexibility index (Phi) is 5.94. The number of rotatable bonds is 7. The first kappa shape index (κ1) is 18.3. The Balaban J connectivity index is 2.18. The number of H-pyrrole nitrogens is 1. The molecule has 0 spiro atoms. The first-order valence-electron chi connectivity index (χ1n) is 7.66. The third-order valence-corrected chi connectivity index (χ3v) is 3.82. The van der Waals surface area contributed by atoms with Crippen molar-refractivity contribution in [1.29, 1.82) is 0 Å². The van der Waals surface area contributed by atoms with Crippen LogP contribution >= 0.6 is 0 Å². The van der Waals surface area contributed by atoms with Crippen molar-refractivity contribution in [1.82, 2.24) is 4.98 Å². The van der Waals surface area contributed by atoms with Crippen molar-refractivity contribution in [3.8, 4) is 0 Å². The molecule has 0 saturated carbocycles. The zero-order valence-corrected chi connectivity index (χ0v) is 14.0. The Morgan fingerprint density at radius 3 is 2.40 bits per heavy atom. The molecule has 2 N–H and O–H groups in total. The first-order chi connectivity index (χ1) is 11.9. The monoisotopic (exact) mass is 345 g/mol. The van der Waals surface area contributed by atoms with E-state index in [-0.39, 0.29) is 30.8 Å². The van der Waals surface area contributed by atoms with Crippen LogP contribution in [0.3, 0.4) is 0 Å². The summed E-state index contributed by atoms with van der Waals surface area (Å²) in [5, 5.41) is 9.32. The molecule has 7 nitrogen and oxygen atoms in total. The number of methoxy groups -OCH3 is 1. The minimum Gasteiger partial charge on any atom is -0.477 e. The van der Waals surface area contributed by atoms with E-state index in [9.17, 15) is 19.5 Å². The molecule has 0 unspecified atom stereocenters. The summed E-state index contributed by atoms with van der Waals surface area (Å²) in [6.45, 7) is 1.70. The number of nitrogens with one attached hydrogen (secondary N) is 1. The number of ether oxygens (including phenoxy) is 2. The minimum atomic E-state index is -1.20. The lowest BCUT2D eigenvalue weighted by Gasteiger charge is -2.05. The molecule has 0 fully saturated rings. The van der Waals surface area contributed by atoms with E-state index >= 15 is 0 Å². The lowest BCUT2D eigenvalue weighted by molar-refractivity contribution is -0.140. The number of carbonyl (C=O) groups is 3. The molecule has 0 aliphatic carbocycles. The van der Waals surface area contributed by atoms with Crippen LogP contribution in [0.1, 0.15) is 44.1 Å². The van der Waals surface area contributed by atoms with Crippen LogP contribution in [-0.4, -0.2) is 35.1 Å². The summed E-state index contributed by atoms with van der Waals surface area (Å²) >= 11 is 0. The van der Waals surface area contributed by atoms with E-state index < -0.39 is 17.9 Å². The number of aromatic nitrogens is 1. The van der Waals surface area contributed by atoms with Gasteiger partial charge >= 0.3 is 17.9 Å². The number of hydrogen-bond donors (Lipinski definition) is 2. The first-order valence-corrected chi connectivity index (χ1v) is 7.66. The van der Waals surface area contributed by atoms with Gasteiger partial charge in [0.2, 0.25) is 0 Å². The molecule has 0 amide bonds. The molecule has 1 heterocycles. The van der Waals surface area contributed by atoms with E-state index in [1.165, 1.54) is 7.11 Å². The van der Waals surface area contributed by atoms with Crippen molar-refractivity contribution in [2.75, 3.05) is 7.11 Å². The summed E-state index contributed by atoms with van der Waals surface area (Å²) in [5.74, 6) is -2.30. The zero-order chi connectivity index (χ0) is 18.4. The number of hydrogen-bond acceptors (Lipinski definition) is 5. The predicted octanol–water partition coefficient (Wildman–Crippen LogP) is 2.48. The number of aromatic amines is 1. The van der Waals surface area contributed by atoms with Gasteiger partial charge in [-0.25, -0.2) is 9.59 Å². The fraction of sp³-hybridized carbons (Fsp3) is 0.278. The molecule has 0 aliphatic heterocycles. The normalized spacial score (nSPS) is 10.3. The molecule has 7 heteroatoms. The highest BCUT2D eigenvalue weighted by atomic mass is 16.5. The lowest BCUT2D eigenvalue weighted by Crippen LogP contribution is -2.08. The molecule has 0 aliphatic rings. The van der Waals surface area contributed by atoms with Gasteiger partial charge < -0.3 is 19.6 Å². The number of esters is 2. The highest BCUT2D eigenvalue weighted by molar-refractivity contribution is 5.95. The van der Waals surface area contributed by atoms with Crippen molar-refractivity contribution < 1.29 is 29.0 Å². The van der Waals surface area contributed by atoms with E-state index in [4.69, 9.17) is 4.74 Å². The zero-order valence-electron chi connectivity index (χ0n) is 14.0. The summed E-state index contributed by atoms with van der Waals surface area (Å²) in [6, 6.07) is 9.15. The van der Waals surface area contributed by atoms with Gasteiger partial charge in [-0.15, -0.1) is 0 Å². The van der Waals surface area contributed by atoms with E-state index in [0.29, 0.717) is 11.1 Å². The summed E-state index contributed by atoms with van der Waals surface area (Å²) in [4.78, 5) is 37.6. The van der Waals surface area contributed by atoms with E-state index in [0.717, 1.165) is 5.56 Å². The maximum absolute atomic E-state index is 12.3. The van der Waals surface area contributed by atoms with Crippen molar-refractivity contribution >= 4 is 17.9 Å². The van der Waals surface area contributed by atoms with Crippen LogP contribution in [0.2, 0.25) is 0 Å². The number of aromatic carboxylic acids is 1. The molecule has 0 atom stereocenters. The molecule has 1 aromatic carbocycles. The fourth-order valence-electron chi connectivity index (χ4n) is 2.46. The van der Waals surface area contributed by atoms with Gasteiger partial charge in [0.25, 0.3) is 0 Å². The lowest BCUT2D eigenvalue weighted by atomic mass is 10.0. The second kappa shape index (κ2) is 8.14. The molecule has 25 heavy (non-hydrogen) atoms. The Bertz CT molecular complexity index is 778. The highest BCUT2D eigenvalue weighted by Crippen LogP contribution is 2.22. The van der Waals surface area contributed by atoms with Crippen LogP contribution in [0.4, 0.5) is 0 Å². The van der Waals surface area contributed by atoms with Crippen LogP contribution in [0.15, 0.2) is 30.3 Å². The van der Waals surface area contributed by atoms with Crippen LogP contribution in [0.25, 0.3) is 0 Å². The van der Waals surface area contributed by atoms with Gasteiger partial charge in [0.1, 0.15) is 18.0 Å². The van der Waals surface area contributed by atoms with Crippen molar-refractivity contribution in [3.05, 3.63) is 58.4 Å². The molecular formula is C18H19NO6. The molecule has 2 aromatic rings. The maximum atomic E-state index is 12.3. The number of carboxylic acid groups (broad SMARTS) is 1. The second-order valence-electron chi connectivity index (χ2n) is 5.42. The third-order valence-electron chi connectivity index (χ3n) is 3.82. The molecular weight excluding hydrogens is 326 g/mol. The Labute approximate surface area is 144 Å². The summed E-state index contributed by atoms with van der Waals surface area (Å²) in [7, 11) is 1.26. The van der Waals surface area contributed by atoms with Gasteiger partial charge in [-0.05, 0) is 30.0 Å². The van der Waals surface area contributed by atoms with Crippen molar-refractivity contribution in [3.63, 3.8) is 0 Å². The van der Waals surface area contributed by atoms with E-state index in [2.05, 4.69) is 9.72 Å². The highest BCUT2D eigenvalue weighted by Gasteiger charge is 2.24. The topological polar surface area (TPSA) is 106 Å². The van der Waals surface area contributed by atoms with Crippen molar-refractivity contribution in [2.45, 2.75) is 26.4 Å². The molecule has 0 bridgehead atoms. The maximum Gasteiger partial charge on any atom is 0.355 e. The molecule has 132 valence electrons. The van der Waals surface area contributed by atoms with Crippen LogP contribution in [0, 0.1) is 6.92 Å². The third kappa shape index (κ3) is 4.47. The molecule has 1 aromatic heterocycles. The number of benzene rings is 1. The predicted molar refractivity (Wildman–Crippen MR) is 88.4 cm³/mol. The largest absolute Gasteiger partial charge is 0.477 e.